The molecule has 3 heterocycles. The van der Waals surface area contributed by atoms with Crippen molar-refractivity contribution in [1.29, 1.82) is 0 Å². The minimum atomic E-state index is 0.0429. The third-order valence-electron chi connectivity index (χ3n) is 7.24. The molecule has 1 atom stereocenters. The van der Waals surface area contributed by atoms with Crippen molar-refractivity contribution < 1.29 is 4.79 Å². The molecule has 2 aromatic rings. The molecule has 0 radical (unpaired) electrons. The van der Waals surface area contributed by atoms with Crippen LogP contribution < -0.4 is 0 Å². The zero-order chi connectivity index (χ0) is 19.8. The topological polar surface area (TPSA) is 36.4 Å². The van der Waals surface area contributed by atoms with Gasteiger partial charge in [-0.25, -0.2) is 4.98 Å². The van der Waals surface area contributed by atoms with Crippen LogP contribution in [0.4, 0.5) is 0 Å². The van der Waals surface area contributed by atoms with Crippen molar-refractivity contribution in [2.75, 3.05) is 13.1 Å². The molecule has 154 valence electrons. The van der Waals surface area contributed by atoms with E-state index in [-0.39, 0.29) is 5.54 Å². The first-order valence-electron chi connectivity index (χ1n) is 11.2. The van der Waals surface area contributed by atoms with Crippen LogP contribution in [0.5, 0.6) is 0 Å². The van der Waals surface area contributed by atoms with Crippen LogP contribution in [0.25, 0.3) is 0 Å². The summed E-state index contributed by atoms with van der Waals surface area (Å²) in [6.07, 6.45) is 8.92. The number of nitrogens with zero attached hydrogens (tertiary/aromatic N) is 3. The van der Waals surface area contributed by atoms with Crippen LogP contribution in [0.3, 0.4) is 0 Å². The van der Waals surface area contributed by atoms with E-state index in [1.165, 1.54) is 31.2 Å². The number of hydrogen-bond acceptors (Lipinski definition) is 4. The summed E-state index contributed by atoms with van der Waals surface area (Å²) in [6.45, 7) is 5.99. The van der Waals surface area contributed by atoms with Crippen molar-refractivity contribution in [3.05, 3.63) is 51.0 Å². The first kappa shape index (κ1) is 19.3. The van der Waals surface area contributed by atoms with E-state index in [1.54, 1.807) is 22.5 Å². The summed E-state index contributed by atoms with van der Waals surface area (Å²) in [7, 11) is 0. The Bertz CT molecular complexity index is 907. The van der Waals surface area contributed by atoms with Gasteiger partial charge in [0.25, 0.3) is 0 Å². The van der Waals surface area contributed by atoms with E-state index >= 15 is 0 Å². The number of fused-ring (bicyclic) bond motifs is 1. The van der Waals surface area contributed by atoms with Crippen LogP contribution in [0, 0.1) is 6.92 Å². The molecule has 0 bridgehead atoms. The van der Waals surface area contributed by atoms with Crippen molar-refractivity contribution >= 4 is 17.2 Å². The molecule has 3 aliphatic rings. The SMILES string of the molecule is Cc1nc(CN2C(=O)CC[C@]23CCCN(Cc2ccc4c(c2)CCC4)CC3)cs1. The molecule has 2 fully saturated rings. The Morgan fingerprint density at radius 1 is 1.03 bits per heavy atom. The average Bonchev–Trinajstić information content (AvgIpc) is 3.37. The van der Waals surface area contributed by atoms with Gasteiger partial charge in [0.05, 0.1) is 17.2 Å². The van der Waals surface area contributed by atoms with E-state index in [0.717, 1.165) is 49.6 Å². The van der Waals surface area contributed by atoms with Crippen LogP contribution in [0.15, 0.2) is 23.6 Å². The van der Waals surface area contributed by atoms with Gasteiger partial charge in [-0.15, -0.1) is 11.3 Å². The lowest BCUT2D eigenvalue weighted by Crippen LogP contribution is -2.46. The molecule has 1 amide bonds. The lowest BCUT2D eigenvalue weighted by molar-refractivity contribution is -0.132. The fourth-order valence-electron chi connectivity index (χ4n) is 5.67. The van der Waals surface area contributed by atoms with Crippen molar-refractivity contribution in [3.63, 3.8) is 0 Å². The van der Waals surface area contributed by atoms with Crippen molar-refractivity contribution in [2.45, 2.75) is 76.9 Å². The maximum atomic E-state index is 12.7. The Morgan fingerprint density at radius 3 is 2.79 bits per heavy atom. The fraction of sp³-hybridized carbons (Fsp3) is 0.583. The Balaban J connectivity index is 1.27. The standard InChI is InChI=1S/C24H31N3OS/c1-18-25-22(17-29-18)16-27-23(28)8-10-24(27)9-3-12-26(13-11-24)15-19-6-7-20-4-2-5-21(20)14-19/h6-7,14,17H,2-5,8-13,15-16H2,1H3/t24-/m0/s1. The second-order valence-corrected chi connectivity index (χ2v) is 10.2. The third kappa shape index (κ3) is 3.87. The van der Waals surface area contributed by atoms with Gasteiger partial charge in [-0.3, -0.25) is 9.69 Å². The lowest BCUT2D eigenvalue weighted by Gasteiger charge is -2.38. The molecular weight excluding hydrogens is 378 g/mol. The Kier molecular flexibility index (Phi) is 5.21. The largest absolute Gasteiger partial charge is 0.331 e. The number of benzene rings is 1. The molecule has 2 saturated heterocycles. The number of aromatic nitrogens is 1. The molecule has 1 aromatic heterocycles. The fourth-order valence-corrected chi connectivity index (χ4v) is 6.27. The number of carbonyl (C=O) groups excluding carboxylic acids is 1. The predicted octanol–water partition coefficient (Wildman–Crippen LogP) is 4.49. The number of thiazole rings is 1. The van der Waals surface area contributed by atoms with Crippen LogP contribution in [0.2, 0.25) is 0 Å². The molecule has 2 aliphatic heterocycles. The van der Waals surface area contributed by atoms with Gasteiger partial charge in [0.15, 0.2) is 0 Å². The molecule has 1 aliphatic carbocycles. The smallest absolute Gasteiger partial charge is 0.223 e. The normalized spacial score (nSPS) is 25.0. The number of amides is 1. The van der Waals surface area contributed by atoms with Crippen LogP contribution in [-0.4, -0.2) is 39.3 Å². The molecule has 0 unspecified atom stereocenters. The first-order valence-corrected chi connectivity index (χ1v) is 12.0. The highest BCUT2D eigenvalue weighted by atomic mass is 32.1. The zero-order valence-corrected chi connectivity index (χ0v) is 18.3. The van der Waals surface area contributed by atoms with Gasteiger partial charge in [0.2, 0.25) is 5.91 Å². The minimum Gasteiger partial charge on any atom is -0.331 e. The predicted molar refractivity (Wildman–Crippen MR) is 117 cm³/mol. The average molecular weight is 410 g/mol. The van der Waals surface area contributed by atoms with Crippen LogP contribution in [-0.2, 0) is 30.7 Å². The molecule has 29 heavy (non-hydrogen) atoms. The highest BCUT2D eigenvalue weighted by Gasteiger charge is 2.45. The van der Waals surface area contributed by atoms with Gasteiger partial charge in [0, 0.05) is 30.4 Å². The van der Waals surface area contributed by atoms with Gasteiger partial charge in [-0.05, 0) is 75.1 Å². The van der Waals surface area contributed by atoms with Gasteiger partial charge in [-0.1, -0.05) is 18.2 Å². The van der Waals surface area contributed by atoms with E-state index < -0.39 is 0 Å². The van der Waals surface area contributed by atoms with Gasteiger partial charge in [-0.2, -0.15) is 0 Å². The number of likely N-dealkylation sites (tertiary alicyclic amines) is 2. The van der Waals surface area contributed by atoms with E-state index in [9.17, 15) is 4.79 Å². The summed E-state index contributed by atoms with van der Waals surface area (Å²) in [6, 6.07) is 7.13. The quantitative estimate of drug-likeness (QED) is 0.747. The monoisotopic (exact) mass is 409 g/mol. The second-order valence-electron chi connectivity index (χ2n) is 9.15. The summed E-state index contributed by atoms with van der Waals surface area (Å²) in [5.41, 5.74) is 5.68. The summed E-state index contributed by atoms with van der Waals surface area (Å²) in [4.78, 5) is 22.2. The number of carbonyl (C=O) groups is 1. The Morgan fingerprint density at radius 2 is 1.93 bits per heavy atom. The molecular formula is C24H31N3OS. The van der Waals surface area contributed by atoms with Crippen molar-refractivity contribution in [1.82, 2.24) is 14.8 Å². The van der Waals surface area contributed by atoms with Gasteiger partial charge in [0.1, 0.15) is 0 Å². The molecule has 1 spiro atoms. The summed E-state index contributed by atoms with van der Waals surface area (Å²) in [5.74, 6) is 0.322. The van der Waals surface area contributed by atoms with Gasteiger partial charge < -0.3 is 4.90 Å². The third-order valence-corrected chi connectivity index (χ3v) is 8.07. The number of aryl methyl sites for hydroxylation is 3. The second kappa shape index (κ2) is 7.84. The summed E-state index contributed by atoms with van der Waals surface area (Å²) < 4.78 is 0. The van der Waals surface area contributed by atoms with Crippen molar-refractivity contribution in [2.24, 2.45) is 0 Å². The highest BCUT2D eigenvalue weighted by Crippen LogP contribution is 2.40. The first-order chi connectivity index (χ1) is 14.1. The van der Waals surface area contributed by atoms with Crippen LogP contribution in [0.1, 0.15) is 65.9 Å². The number of rotatable bonds is 4. The van der Waals surface area contributed by atoms with Crippen molar-refractivity contribution in [3.8, 4) is 0 Å². The molecule has 5 rings (SSSR count). The summed E-state index contributed by atoms with van der Waals surface area (Å²) in [5, 5.41) is 3.20. The summed E-state index contributed by atoms with van der Waals surface area (Å²) >= 11 is 1.68. The van der Waals surface area contributed by atoms with E-state index in [0.29, 0.717) is 18.9 Å². The Hall–Kier alpha value is -1.72. The van der Waals surface area contributed by atoms with E-state index in [2.05, 4.69) is 38.4 Å². The lowest BCUT2D eigenvalue weighted by atomic mass is 9.87. The van der Waals surface area contributed by atoms with E-state index in [4.69, 9.17) is 0 Å². The maximum absolute atomic E-state index is 12.7. The molecule has 1 aromatic carbocycles. The highest BCUT2D eigenvalue weighted by molar-refractivity contribution is 7.09. The molecule has 0 saturated carbocycles. The molecule has 5 heteroatoms. The zero-order valence-electron chi connectivity index (χ0n) is 17.5. The minimum absolute atomic E-state index is 0.0429. The van der Waals surface area contributed by atoms with Crippen LogP contribution >= 0.6 is 11.3 Å². The maximum Gasteiger partial charge on any atom is 0.223 e. The van der Waals surface area contributed by atoms with E-state index in [1.807, 2.05) is 6.92 Å². The number of hydrogen-bond donors (Lipinski definition) is 0. The molecule has 4 nitrogen and oxygen atoms in total. The Labute approximate surface area is 177 Å². The molecule has 0 N–H and O–H groups in total. The van der Waals surface area contributed by atoms with Gasteiger partial charge >= 0.3 is 0 Å².